The van der Waals surface area contributed by atoms with Crippen LogP contribution in [-0.2, 0) is 0 Å². The number of halogens is 1. The maximum absolute atomic E-state index is 11.5. The first-order valence-electron chi connectivity index (χ1n) is 6.40. The number of benzene rings is 2. The smallest absolute Gasteiger partial charge is 0.335 e. The number of nitrogens with one attached hydrogen (secondary N) is 1. The summed E-state index contributed by atoms with van der Waals surface area (Å²) in [6.45, 7) is 0. The molecule has 0 aliphatic carbocycles. The van der Waals surface area contributed by atoms with E-state index in [0.717, 1.165) is 16.6 Å². The summed E-state index contributed by atoms with van der Waals surface area (Å²) in [6, 6.07) is 11.2. The third-order valence-corrected chi connectivity index (χ3v) is 3.43. The Morgan fingerprint density at radius 2 is 2.00 bits per heavy atom. The predicted octanol–water partition coefficient (Wildman–Crippen LogP) is 3.40. The Morgan fingerprint density at radius 3 is 2.77 bits per heavy atom. The second kappa shape index (κ2) is 5.54. The number of rotatable bonds is 3. The van der Waals surface area contributed by atoms with Crippen molar-refractivity contribution in [2.75, 3.05) is 5.32 Å². The van der Waals surface area contributed by atoms with Gasteiger partial charge in [0, 0.05) is 28.0 Å². The van der Waals surface area contributed by atoms with Gasteiger partial charge < -0.3 is 15.5 Å². The van der Waals surface area contributed by atoms with Gasteiger partial charge in [-0.1, -0.05) is 23.4 Å². The van der Waals surface area contributed by atoms with Gasteiger partial charge in [0.2, 0.25) is 0 Å². The Labute approximate surface area is 130 Å². The summed E-state index contributed by atoms with van der Waals surface area (Å²) in [6.07, 6.45) is 1.63. The minimum Gasteiger partial charge on any atom is -0.872 e. The van der Waals surface area contributed by atoms with E-state index >= 15 is 0 Å². The molecular formula is C16H10ClN2O3-. The summed E-state index contributed by atoms with van der Waals surface area (Å²) in [5.41, 5.74) is 1.71. The molecule has 0 amide bonds. The van der Waals surface area contributed by atoms with Crippen LogP contribution >= 0.6 is 11.6 Å². The van der Waals surface area contributed by atoms with E-state index in [0.29, 0.717) is 10.7 Å². The number of carboxylic acids is 1. The summed E-state index contributed by atoms with van der Waals surface area (Å²) in [5, 5.41) is 25.0. The molecule has 0 spiro atoms. The summed E-state index contributed by atoms with van der Waals surface area (Å²) in [5.74, 6) is -1.77. The summed E-state index contributed by atoms with van der Waals surface area (Å²) < 4.78 is 0. The van der Waals surface area contributed by atoms with Gasteiger partial charge in [-0.25, -0.2) is 4.79 Å². The first-order chi connectivity index (χ1) is 10.5. The topological polar surface area (TPSA) is 85.3 Å². The molecule has 0 aliphatic heterocycles. The number of pyridine rings is 1. The van der Waals surface area contributed by atoms with Crippen LogP contribution in [0.2, 0.25) is 5.02 Å². The first kappa shape index (κ1) is 14.2. The molecule has 2 N–H and O–H groups in total. The lowest BCUT2D eigenvalue weighted by molar-refractivity contribution is -0.268. The van der Waals surface area contributed by atoms with Crippen LogP contribution in [0.3, 0.4) is 0 Å². The third-order valence-electron chi connectivity index (χ3n) is 3.19. The Kier molecular flexibility index (Phi) is 3.56. The van der Waals surface area contributed by atoms with E-state index in [4.69, 9.17) is 16.7 Å². The van der Waals surface area contributed by atoms with Crippen LogP contribution in [0.25, 0.3) is 10.9 Å². The summed E-state index contributed by atoms with van der Waals surface area (Å²) in [4.78, 5) is 15.3. The zero-order valence-electron chi connectivity index (χ0n) is 11.2. The lowest BCUT2D eigenvalue weighted by Gasteiger charge is -2.14. The molecule has 3 aromatic rings. The highest BCUT2D eigenvalue weighted by atomic mass is 35.5. The van der Waals surface area contributed by atoms with Gasteiger partial charge in [-0.3, -0.25) is 4.98 Å². The molecule has 22 heavy (non-hydrogen) atoms. The van der Waals surface area contributed by atoms with Gasteiger partial charge in [-0.15, -0.1) is 0 Å². The van der Waals surface area contributed by atoms with E-state index in [9.17, 15) is 9.90 Å². The van der Waals surface area contributed by atoms with E-state index in [1.807, 2.05) is 6.07 Å². The zero-order chi connectivity index (χ0) is 15.7. The largest absolute Gasteiger partial charge is 0.872 e. The molecule has 5 nitrogen and oxygen atoms in total. The molecule has 0 unspecified atom stereocenters. The number of anilines is 2. The number of carbonyl (C=O) groups is 1. The second-order valence-electron chi connectivity index (χ2n) is 4.66. The molecule has 0 atom stereocenters. The number of aromatic nitrogens is 1. The number of nitrogens with zero attached hydrogens (tertiary/aromatic N) is 1. The fraction of sp³-hybridized carbons (Fsp3) is 0. The zero-order valence-corrected chi connectivity index (χ0v) is 12.0. The second-order valence-corrected chi connectivity index (χ2v) is 5.10. The maximum atomic E-state index is 11.5. The SMILES string of the molecule is O=C(O)c1cc(Nc2ccnc3cc(Cl)ccc23)ccc1[O-]. The van der Waals surface area contributed by atoms with Crippen LogP contribution < -0.4 is 10.4 Å². The number of hydrogen-bond donors (Lipinski definition) is 2. The van der Waals surface area contributed by atoms with E-state index in [-0.39, 0.29) is 5.56 Å². The molecule has 0 aliphatic rings. The van der Waals surface area contributed by atoms with Crippen molar-refractivity contribution in [3.63, 3.8) is 0 Å². The maximum Gasteiger partial charge on any atom is 0.335 e. The van der Waals surface area contributed by atoms with Crippen molar-refractivity contribution in [2.45, 2.75) is 0 Å². The van der Waals surface area contributed by atoms with E-state index in [1.165, 1.54) is 18.2 Å². The molecule has 0 bridgehead atoms. The molecular weight excluding hydrogens is 304 g/mol. The van der Waals surface area contributed by atoms with Crippen molar-refractivity contribution < 1.29 is 15.0 Å². The fourth-order valence-electron chi connectivity index (χ4n) is 2.16. The van der Waals surface area contributed by atoms with Gasteiger partial charge in [0.1, 0.15) is 0 Å². The van der Waals surface area contributed by atoms with Gasteiger partial charge in [0.15, 0.2) is 0 Å². The highest BCUT2D eigenvalue weighted by molar-refractivity contribution is 6.31. The van der Waals surface area contributed by atoms with Crippen LogP contribution in [-0.4, -0.2) is 16.1 Å². The van der Waals surface area contributed by atoms with E-state index < -0.39 is 11.7 Å². The van der Waals surface area contributed by atoms with Gasteiger partial charge >= 0.3 is 5.97 Å². The summed E-state index contributed by atoms with van der Waals surface area (Å²) in [7, 11) is 0. The van der Waals surface area contributed by atoms with Gasteiger partial charge in [-0.05, 0) is 36.4 Å². The van der Waals surface area contributed by atoms with Crippen LogP contribution in [0, 0.1) is 0 Å². The Morgan fingerprint density at radius 1 is 1.18 bits per heavy atom. The van der Waals surface area contributed by atoms with E-state index in [2.05, 4.69) is 10.3 Å². The van der Waals surface area contributed by atoms with E-state index in [1.54, 1.807) is 24.4 Å². The third kappa shape index (κ3) is 2.66. The molecule has 1 aromatic heterocycles. The van der Waals surface area contributed by atoms with Crippen molar-refractivity contribution in [2.24, 2.45) is 0 Å². The number of hydrogen-bond acceptors (Lipinski definition) is 4. The van der Waals surface area contributed by atoms with Crippen molar-refractivity contribution >= 4 is 39.8 Å². The molecule has 1 heterocycles. The lowest BCUT2D eigenvalue weighted by Crippen LogP contribution is -2.04. The predicted molar refractivity (Wildman–Crippen MR) is 82.9 cm³/mol. The van der Waals surface area contributed by atoms with Crippen molar-refractivity contribution in [3.8, 4) is 5.75 Å². The molecule has 0 fully saturated rings. The molecule has 2 aromatic carbocycles. The lowest BCUT2D eigenvalue weighted by atomic mass is 10.1. The van der Waals surface area contributed by atoms with Gasteiger partial charge in [0.25, 0.3) is 0 Å². The molecule has 0 saturated heterocycles. The van der Waals surface area contributed by atoms with Crippen molar-refractivity contribution in [1.82, 2.24) is 4.98 Å². The average molecular weight is 314 g/mol. The first-order valence-corrected chi connectivity index (χ1v) is 6.78. The number of carboxylic acid groups (broad SMARTS) is 1. The molecule has 0 radical (unpaired) electrons. The summed E-state index contributed by atoms with van der Waals surface area (Å²) >= 11 is 5.94. The Balaban J connectivity index is 2.03. The standard InChI is InChI=1S/C16H11ClN2O3/c17-9-1-3-11-13(5-6-18-14(11)7-9)19-10-2-4-15(20)12(8-10)16(21)22/h1-8,20H,(H,18,19)(H,21,22)/p-1. The number of aromatic carboxylic acids is 1. The Bertz CT molecular complexity index is 880. The average Bonchev–Trinajstić information content (AvgIpc) is 2.49. The highest BCUT2D eigenvalue weighted by Crippen LogP contribution is 2.28. The Hall–Kier alpha value is -2.79. The van der Waals surface area contributed by atoms with Crippen molar-refractivity contribution in [3.05, 3.63) is 59.2 Å². The molecule has 110 valence electrons. The molecule has 6 heteroatoms. The number of fused-ring (bicyclic) bond motifs is 1. The van der Waals surface area contributed by atoms with Crippen LogP contribution in [0.1, 0.15) is 10.4 Å². The fourth-order valence-corrected chi connectivity index (χ4v) is 2.33. The van der Waals surface area contributed by atoms with Crippen LogP contribution in [0.5, 0.6) is 5.75 Å². The molecule has 0 saturated carbocycles. The normalized spacial score (nSPS) is 10.6. The minimum atomic E-state index is -1.25. The minimum absolute atomic E-state index is 0.272. The quantitative estimate of drug-likeness (QED) is 0.774. The van der Waals surface area contributed by atoms with Gasteiger partial charge in [-0.2, -0.15) is 0 Å². The highest BCUT2D eigenvalue weighted by Gasteiger charge is 2.07. The molecule has 3 rings (SSSR count). The van der Waals surface area contributed by atoms with Crippen molar-refractivity contribution in [1.29, 1.82) is 0 Å². The van der Waals surface area contributed by atoms with Crippen LogP contribution in [0.15, 0.2) is 48.7 Å². The van der Waals surface area contributed by atoms with Gasteiger partial charge in [0.05, 0.1) is 11.1 Å². The monoisotopic (exact) mass is 313 g/mol. The van der Waals surface area contributed by atoms with Crippen LogP contribution in [0.4, 0.5) is 11.4 Å².